The first kappa shape index (κ1) is 14.4. The lowest BCUT2D eigenvalue weighted by Crippen LogP contribution is -2.21. The second kappa shape index (κ2) is 6.92. The van der Waals surface area contributed by atoms with Gasteiger partial charge in [0, 0.05) is 19.7 Å². The molecule has 2 rings (SSSR count). The van der Waals surface area contributed by atoms with E-state index in [2.05, 4.69) is 30.0 Å². The van der Waals surface area contributed by atoms with Crippen LogP contribution in [0.2, 0.25) is 0 Å². The molecule has 0 bridgehead atoms. The lowest BCUT2D eigenvalue weighted by Gasteiger charge is -2.18. The Morgan fingerprint density at radius 3 is 3.05 bits per heavy atom. The summed E-state index contributed by atoms with van der Waals surface area (Å²) in [5.74, 6) is 2.11. The maximum Gasteiger partial charge on any atom is 0.119 e. The monoisotopic (exact) mass is 263 g/mol. The molecular weight excluding hydrogens is 238 g/mol. The van der Waals surface area contributed by atoms with E-state index in [4.69, 9.17) is 9.84 Å². The number of likely N-dealkylation sites (tertiary alicyclic amines) is 1. The van der Waals surface area contributed by atoms with Crippen molar-refractivity contribution in [1.29, 1.82) is 0 Å². The second-order valence-electron chi connectivity index (χ2n) is 5.76. The van der Waals surface area contributed by atoms with E-state index in [1.807, 2.05) is 6.07 Å². The molecular formula is C16H25NO2. The SMILES string of the molecule is COc1cccc(CN2CCC(CC(C)CO)C2)c1. The third kappa shape index (κ3) is 4.22. The zero-order chi connectivity index (χ0) is 13.7. The summed E-state index contributed by atoms with van der Waals surface area (Å²) < 4.78 is 5.26. The van der Waals surface area contributed by atoms with Crippen molar-refractivity contribution >= 4 is 0 Å². The highest BCUT2D eigenvalue weighted by Gasteiger charge is 2.23. The van der Waals surface area contributed by atoms with Crippen LogP contribution in [0.1, 0.15) is 25.3 Å². The number of methoxy groups -OCH3 is 1. The van der Waals surface area contributed by atoms with Crippen LogP contribution in [0.3, 0.4) is 0 Å². The first-order valence-corrected chi connectivity index (χ1v) is 7.17. The van der Waals surface area contributed by atoms with Crippen molar-refractivity contribution in [2.45, 2.75) is 26.3 Å². The highest BCUT2D eigenvalue weighted by Crippen LogP contribution is 2.25. The predicted octanol–water partition coefficient (Wildman–Crippen LogP) is 2.54. The van der Waals surface area contributed by atoms with Gasteiger partial charge in [-0.2, -0.15) is 0 Å². The predicted molar refractivity (Wildman–Crippen MR) is 77.2 cm³/mol. The number of benzene rings is 1. The zero-order valence-corrected chi connectivity index (χ0v) is 12.0. The van der Waals surface area contributed by atoms with Crippen LogP contribution < -0.4 is 4.74 Å². The van der Waals surface area contributed by atoms with Gasteiger partial charge in [0.1, 0.15) is 5.75 Å². The normalized spacial score (nSPS) is 21.5. The molecule has 1 heterocycles. The van der Waals surface area contributed by atoms with Gasteiger partial charge in [-0.15, -0.1) is 0 Å². The smallest absolute Gasteiger partial charge is 0.119 e. The fraction of sp³-hybridized carbons (Fsp3) is 0.625. The summed E-state index contributed by atoms with van der Waals surface area (Å²) >= 11 is 0. The fourth-order valence-electron chi connectivity index (χ4n) is 2.92. The maximum atomic E-state index is 9.13. The first-order valence-electron chi connectivity index (χ1n) is 7.17. The van der Waals surface area contributed by atoms with Crippen LogP contribution in [0.15, 0.2) is 24.3 Å². The number of ether oxygens (including phenoxy) is 1. The van der Waals surface area contributed by atoms with E-state index in [0.29, 0.717) is 12.5 Å². The van der Waals surface area contributed by atoms with E-state index in [1.165, 1.54) is 18.5 Å². The van der Waals surface area contributed by atoms with Gasteiger partial charge >= 0.3 is 0 Å². The van der Waals surface area contributed by atoms with Gasteiger partial charge in [0.2, 0.25) is 0 Å². The second-order valence-corrected chi connectivity index (χ2v) is 5.76. The molecule has 2 unspecified atom stereocenters. The Labute approximate surface area is 116 Å². The Hall–Kier alpha value is -1.06. The van der Waals surface area contributed by atoms with Gasteiger partial charge in [0.25, 0.3) is 0 Å². The van der Waals surface area contributed by atoms with Crippen molar-refractivity contribution in [2.75, 3.05) is 26.8 Å². The molecule has 1 fully saturated rings. The van der Waals surface area contributed by atoms with Crippen molar-refractivity contribution in [3.8, 4) is 5.75 Å². The number of hydrogen-bond acceptors (Lipinski definition) is 3. The number of rotatable bonds is 6. The van der Waals surface area contributed by atoms with Crippen LogP contribution in [0, 0.1) is 11.8 Å². The number of aliphatic hydroxyl groups is 1. The van der Waals surface area contributed by atoms with E-state index >= 15 is 0 Å². The Morgan fingerprint density at radius 2 is 2.32 bits per heavy atom. The van der Waals surface area contributed by atoms with E-state index < -0.39 is 0 Å². The number of aliphatic hydroxyl groups excluding tert-OH is 1. The Bertz CT molecular complexity index is 394. The Balaban J connectivity index is 1.84. The molecule has 1 saturated heterocycles. The van der Waals surface area contributed by atoms with Crippen molar-refractivity contribution in [3.05, 3.63) is 29.8 Å². The topological polar surface area (TPSA) is 32.7 Å². The summed E-state index contributed by atoms with van der Waals surface area (Å²) in [4.78, 5) is 2.50. The van der Waals surface area contributed by atoms with Crippen LogP contribution >= 0.6 is 0 Å². The van der Waals surface area contributed by atoms with Gasteiger partial charge in [0.15, 0.2) is 0 Å². The minimum atomic E-state index is 0.312. The summed E-state index contributed by atoms with van der Waals surface area (Å²) in [6, 6.07) is 8.31. The Kier molecular flexibility index (Phi) is 5.23. The average molecular weight is 263 g/mol. The van der Waals surface area contributed by atoms with Crippen molar-refractivity contribution < 1.29 is 9.84 Å². The van der Waals surface area contributed by atoms with Gasteiger partial charge in [-0.25, -0.2) is 0 Å². The molecule has 2 atom stereocenters. The standard InChI is InChI=1S/C16H25NO2/c1-13(12-18)8-15-6-7-17(11-15)10-14-4-3-5-16(9-14)19-2/h3-5,9,13,15,18H,6-8,10-12H2,1-2H3. The highest BCUT2D eigenvalue weighted by molar-refractivity contribution is 5.28. The summed E-state index contributed by atoms with van der Waals surface area (Å²) in [6.07, 6.45) is 2.40. The van der Waals surface area contributed by atoms with Crippen molar-refractivity contribution in [3.63, 3.8) is 0 Å². The minimum Gasteiger partial charge on any atom is -0.497 e. The number of hydrogen-bond donors (Lipinski definition) is 1. The van der Waals surface area contributed by atoms with Gasteiger partial charge < -0.3 is 9.84 Å². The molecule has 1 aromatic rings. The molecule has 0 saturated carbocycles. The first-order chi connectivity index (χ1) is 9.21. The van der Waals surface area contributed by atoms with Crippen LogP contribution in [-0.2, 0) is 6.54 Å². The van der Waals surface area contributed by atoms with Crippen molar-refractivity contribution in [1.82, 2.24) is 4.90 Å². The molecule has 106 valence electrons. The van der Waals surface area contributed by atoms with Crippen molar-refractivity contribution in [2.24, 2.45) is 11.8 Å². The maximum absolute atomic E-state index is 9.13. The van der Waals surface area contributed by atoms with Gasteiger partial charge in [-0.05, 0) is 48.9 Å². The van der Waals surface area contributed by atoms with E-state index in [-0.39, 0.29) is 0 Å². The molecule has 3 nitrogen and oxygen atoms in total. The molecule has 3 heteroatoms. The average Bonchev–Trinajstić information content (AvgIpc) is 2.86. The quantitative estimate of drug-likeness (QED) is 0.856. The molecule has 0 amide bonds. The molecule has 0 aliphatic carbocycles. The summed E-state index contributed by atoms with van der Waals surface area (Å²) in [5.41, 5.74) is 1.32. The van der Waals surface area contributed by atoms with E-state index in [1.54, 1.807) is 7.11 Å². The molecule has 0 radical (unpaired) electrons. The zero-order valence-electron chi connectivity index (χ0n) is 12.0. The lowest BCUT2D eigenvalue weighted by atomic mass is 9.96. The van der Waals surface area contributed by atoms with Gasteiger partial charge in [0.05, 0.1) is 7.11 Å². The summed E-state index contributed by atoms with van der Waals surface area (Å²) in [7, 11) is 1.71. The molecule has 19 heavy (non-hydrogen) atoms. The molecule has 1 aromatic carbocycles. The van der Waals surface area contributed by atoms with E-state index in [9.17, 15) is 0 Å². The number of nitrogens with zero attached hydrogens (tertiary/aromatic N) is 1. The lowest BCUT2D eigenvalue weighted by molar-refractivity contribution is 0.210. The van der Waals surface area contributed by atoms with Gasteiger partial charge in [-0.3, -0.25) is 4.90 Å². The molecule has 0 spiro atoms. The minimum absolute atomic E-state index is 0.312. The fourth-order valence-corrected chi connectivity index (χ4v) is 2.92. The largest absolute Gasteiger partial charge is 0.497 e. The third-order valence-corrected chi connectivity index (χ3v) is 3.96. The molecule has 0 aromatic heterocycles. The molecule has 1 aliphatic heterocycles. The van der Waals surface area contributed by atoms with Crippen LogP contribution in [0.5, 0.6) is 5.75 Å². The van der Waals surface area contributed by atoms with Crippen LogP contribution in [0.4, 0.5) is 0 Å². The van der Waals surface area contributed by atoms with Gasteiger partial charge in [-0.1, -0.05) is 19.1 Å². The van der Waals surface area contributed by atoms with Crippen LogP contribution in [-0.4, -0.2) is 36.8 Å². The molecule has 1 N–H and O–H groups in total. The Morgan fingerprint density at radius 1 is 1.47 bits per heavy atom. The highest BCUT2D eigenvalue weighted by atomic mass is 16.5. The van der Waals surface area contributed by atoms with Crippen LogP contribution in [0.25, 0.3) is 0 Å². The summed E-state index contributed by atoms with van der Waals surface area (Å²) in [5, 5.41) is 9.13. The molecule has 1 aliphatic rings. The third-order valence-electron chi connectivity index (χ3n) is 3.96. The summed E-state index contributed by atoms with van der Waals surface area (Å²) in [6.45, 7) is 5.76. The van der Waals surface area contributed by atoms with E-state index in [0.717, 1.165) is 31.2 Å².